The molecule has 0 bridgehead atoms. The Morgan fingerprint density at radius 1 is 1.16 bits per heavy atom. The summed E-state index contributed by atoms with van der Waals surface area (Å²) in [4.78, 5) is 1.35. The zero-order chi connectivity index (χ0) is 13.9. The minimum Gasteiger partial charge on any atom is -0.271 e. The number of rotatable bonds is 4. The van der Waals surface area contributed by atoms with Crippen molar-refractivity contribution in [2.24, 2.45) is 5.84 Å². The Kier molecular flexibility index (Phi) is 4.40. The number of nitrogens with two attached hydrogens (primary N) is 1. The topological polar surface area (TPSA) is 38.0 Å². The third-order valence-corrected chi connectivity index (χ3v) is 4.23. The fourth-order valence-electron chi connectivity index (χ4n) is 2.37. The lowest BCUT2D eigenvalue weighted by Crippen LogP contribution is -2.31. The minimum absolute atomic E-state index is 0.126. The summed E-state index contributed by atoms with van der Waals surface area (Å²) in [6, 6.07) is 13.0. The van der Waals surface area contributed by atoms with Gasteiger partial charge in [0.25, 0.3) is 0 Å². The first-order chi connectivity index (χ1) is 9.02. The van der Waals surface area contributed by atoms with Crippen molar-refractivity contribution in [1.29, 1.82) is 0 Å². The molecule has 0 saturated heterocycles. The molecule has 2 nitrogen and oxygen atoms in total. The Hall–Kier alpha value is -1.16. The van der Waals surface area contributed by atoms with Crippen LogP contribution in [0.1, 0.15) is 42.8 Å². The zero-order valence-corrected chi connectivity index (χ0v) is 12.6. The third-order valence-electron chi connectivity index (χ3n) is 3.33. The Balaban J connectivity index is 2.33. The van der Waals surface area contributed by atoms with Crippen molar-refractivity contribution >= 4 is 11.3 Å². The number of hydrogen-bond acceptors (Lipinski definition) is 3. The maximum Gasteiger partial charge on any atom is 0.0511 e. The van der Waals surface area contributed by atoms with E-state index in [0.717, 1.165) is 6.42 Å². The second-order valence-electron chi connectivity index (χ2n) is 5.84. The molecule has 1 aromatic heterocycles. The quantitative estimate of drug-likeness (QED) is 0.657. The summed E-state index contributed by atoms with van der Waals surface area (Å²) in [7, 11) is 0. The molecular weight excluding hydrogens is 252 g/mol. The largest absolute Gasteiger partial charge is 0.271 e. The summed E-state index contributed by atoms with van der Waals surface area (Å²) in [5, 5.41) is 2.11. The summed E-state index contributed by atoms with van der Waals surface area (Å²) >= 11 is 1.78. The molecule has 3 N–H and O–H groups in total. The van der Waals surface area contributed by atoms with Crippen LogP contribution in [0.25, 0.3) is 0 Å². The van der Waals surface area contributed by atoms with Gasteiger partial charge in [0.15, 0.2) is 0 Å². The molecule has 0 saturated carbocycles. The van der Waals surface area contributed by atoms with Gasteiger partial charge in [-0.05, 0) is 28.0 Å². The van der Waals surface area contributed by atoms with Crippen molar-refractivity contribution in [3.05, 3.63) is 57.8 Å². The molecule has 1 heterocycles. The SMILES string of the molecule is CC(C)(C)c1ccccc1C(Cc1cccs1)NN. The first kappa shape index (κ1) is 14.3. The number of hydrazine groups is 1. The number of benzene rings is 1. The monoisotopic (exact) mass is 274 g/mol. The third kappa shape index (κ3) is 3.44. The smallest absolute Gasteiger partial charge is 0.0511 e. The predicted octanol–water partition coefficient (Wildman–Crippen LogP) is 3.79. The molecule has 1 atom stereocenters. The molecule has 19 heavy (non-hydrogen) atoms. The van der Waals surface area contributed by atoms with Crippen molar-refractivity contribution in [3.8, 4) is 0 Å². The van der Waals surface area contributed by atoms with Gasteiger partial charge < -0.3 is 0 Å². The van der Waals surface area contributed by atoms with Crippen molar-refractivity contribution in [2.75, 3.05) is 0 Å². The lowest BCUT2D eigenvalue weighted by Gasteiger charge is -2.27. The molecule has 0 radical (unpaired) electrons. The number of hydrogen-bond donors (Lipinski definition) is 2. The Morgan fingerprint density at radius 2 is 1.89 bits per heavy atom. The molecule has 0 aliphatic carbocycles. The fourth-order valence-corrected chi connectivity index (χ4v) is 3.12. The highest BCUT2D eigenvalue weighted by Gasteiger charge is 2.22. The van der Waals surface area contributed by atoms with E-state index in [-0.39, 0.29) is 11.5 Å². The van der Waals surface area contributed by atoms with Gasteiger partial charge in [0, 0.05) is 11.3 Å². The van der Waals surface area contributed by atoms with Crippen LogP contribution >= 0.6 is 11.3 Å². The maximum absolute atomic E-state index is 5.79. The van der Waals surface area contributed by atoms with Gasteiger partial charge in [0.05, 0.1) is 6.04 Å². The molecule has 102 valence electrons. The van der Waals surface area contributed by atoms with E-state index < -0.39 is 0 Å². The predicted molar refractivity (Wildman–Crippen MR) is 83.2 cm³/mol. The maximum atomic E-state index is 5.79. The Bertz CT molecular complexity index is 512. The van der Waals surface area contributed by atoms with E-state index >= 15 is 0 Å². The highest BCUT2D eigenvalue weighted by molar-refractivity contribution is 7.09. The van der Waals surface area contributed by atoms with E-state index in [9.17, 15) is 0 Å². The number of nitrogens with one attached hydrogen (secondary N) is 1. The second-order valence-corrected chi connectivity index (χ2v) is 6.87. The summed E-state index contributed by atoms with van der Waals surface area (Å²) in [6.45, 7) is 6.72. The molecule has 0 amide bonds. The van der Waals surface area contributed by atoms with Crippen LogP contribution < -0.4 is 11.3 Å². The van der Waals surface area contributed by atoms with Crippen LogP contribution in [0.15, 0.2) is 41.8 Å². The second kappa shape index (κ2) is 5.87. The average Bonchev–Trinajstić information content (AvgIpc) is 2.88. The van der Waals surface area contributed by atoms with Gasteiger partial charge in [0.1, 0.15) is 0 Å². The van der Waals surface area contributed by atoms with E-state index in [2.05, 4.69) is 68.0 Å². The van der Waals surface area contributed by atoms with E-state index in [1.807, 2.05) is 0 Å². The van der Waals surface area contributed by atoms with Crippen LogP contribution in [-0.4, -0.2) is 0 Å². The first-order valence-electron chi connectivity index (χ1n) is 6.60. The summed E-state index contributed by atoms with van der Waals surface area (Å²) in [5.74, 6) is 5.79. The summed E-state index contributed by atoms with van der Waals surface area (Å²) in [6.07, 6.45) is 0.932. The molecule has 0 aliphatic heterocycles. The Morgan fingerprint density at radius 3 is 2.47 bits per heavy atom. The zero-order valence-electron chi connectivity index (χ0n) is 11.8. The van der Waals surface area contributed by atoms with Crippen LogP contribution in [0.3, 0.4) is 0 Å². The first-order valence-corrected chi connectivity index (χ1v) is 7.48. The lowest BCUT2D eigenvalue weighted by molar-refractivity contribution is 0.520. The van der Waals surface area contributed by atoms with Gasteiger partial charge in [-0.15, -0.1) is 11.3 Å². The molecule has 0 fully saturated rings. The standard InChI is InChI=1S/C16H22N2S/c1-16(2,3)14-9-5-4-8-13(14)15(18-17)11-12-7-6-10-19-12/h4-10,15,18H,11,17H2,1-3H3. The molecule has 0 spiro atoms. The summed E-state index contributed by atoms with van der Waals surface area (Å²) in [5.41, 5.74) is 5.76. The summed E-state index contributed by atoms with van der Waals surface area (Å²) < 4.78 is 0. The highest BCUT2D eigenvalue weighted by atomic mass is 32.1. The van der Waals surface area contributed by atoms with Gasteiger partial charge in [-0.25, -0.2) is 0 Å². The molecule has 0 aliphatic rings. The van der Waals surface area contributed by atoms with Crippen LogP contribution in [-0.2, 0) is 11.8 Å². The molecule has 1 unspecified atom stereocenters. The Labute approximate surface area is 119 Å². The van der Waals surface area contributed by atoms with Crippen molar-refractivity contribution in [1.82, 2.24) is 5.43 Å². The highest BCUT2D eigenvalue weighted by Crippen LogP contribution is 2.31. The van der Waals surface area contributed by atoms with Gasteiger partial charge in [0.2, 0.25) is 0 Å². The average molecular weight is 274 g/mol. The normalized spacial score (nSPS) is 13.5. The van der Waals surface area contributed by atoms with E-state index in [1.54, 1.807) is 11.3 Å². The number of thiophene rings is 1. The van der Waals surface area contributed by atoms with Gasteiger partial charge in [-0.2, -0.15) is 0 Å². The van der Waals surface area contributed by atoms with Crippen LogP contribution in [0.5, 0.6) is 0 Å². The van der Waals surface area contributed by atoms with Crippen molar-refractivity contribution in [2.45, 2.75) is 38.6 Å². The van der Waals surface area contributed by atoms with Gasteiger partial charge >= 0.3 is 0 Å². The molecule has 1 aromatic carbocycles. The lowest BCUT2D eigenvalue weighted by atomic mass is 9.81. The van der Waals surface area contributed by atoms with E-state index in [0.29, 0.717) is 0 Å². The van der Waals surface area contributed by atoms with E-state index in [4.69, 9.17) is 5.84 Å². The fraction of sp³-hybridized carbons (Fsp3) is 0.375. The molecule has 2 aromatic rings. The molecule has 3 heteroatoms. The van der Waals surface area contributed by atoms with Crippen LogP contribution in [0, 0.1) is 0 Å². The minimum atomic E-state index is 0.126. The van der Waals surface area contributed by atoms with Gasteiger partial charge in [-0.1, -0.05) is 51.1 Å². The van der Waals surface area contributed by atoms with E-state index in [1.165, 1.54) is 16.0 Å². The van der Waals surface area contributed by atoms with Crippen LogP contribution in [0.4, 0.5) is 0 Å². The van der Waals surface area contributed by atoms with Crippen LogP contribution in [0.2, 0.25) is 0 Å². The van der Waals surface area contributed by atoms with Crippen molar-refractivity contribution < 1.29 is 0 Å². The van der Waals surface area contributed by atoms with Gasteiger partial charge in [-0.3, -0.25) is 11.3 Å². The molecule has 2 rings (SSSR count). The molecular formula is C16H22N2S. The van der Waals surface area contributed by atoms with Crippen molar-refractivity contribution in [3.63, 3.8) is 0 Å².